The summed E-state index contributed by atoms with van der Waals surface area (Å²) in [5.74, 6) is 0.0903. The van der Waals surface area contributed by atoms with Crippen LogP contribution >= 0.6 is 0 Å². The van der Waals surface area contributed by atoms with E-state index in [1.165, 1.54) is 67.3 Å². The van der Waals surface area contributed by atoms with Gasteiger partial charge in [0.05, 0.1) is 0 Å². The van der Waals surface area contributed by atoms with Crippen molar-refractivity contribution in [2.24, 2.45) is 5.92 Å². The third-order valence-corrected chi connectivity index (χ3v) is 6.47. The average molecular weight is 366 g/mol. The third kappa shape index (κ3) is 4.00. The smallest absolute Gasteiger partial charge is 0.159 e. The fourth-order valence-electron chi connectivity index (χ4n) is 4.88. The van der Waals surface area contributed by atoms with Gasteiger partial charge in [-0.3, -0.25) is 0 Å². The van der Waals surface area contributed by atoms with Crippen LogP contribution in [0.3, 0.4) is 0 Å². The summed E-state index contributed by atoms with van der Waals surface area (Å²) in [6.45, 7) is 2.29. The molecule has 2 aliphatic carbocycles. The molecule has 0 nitrogen and oxygen atoms in total. The lowest BCUT2D eigenvalue weighted by Crippen LogP contribution is -2.13. The first-order chi connectivity index (χ1) is 13.1. The lowest BCUT2D eigenvalue weighted by Gasteiger charge is -2.29. The highest BCUT2D eigenvalue weighted by molar-refractivity contribution is 5.84. The van der Waals surface area contributed by atoms with Gasteiger partial charge in [-0.2, -0.15) is 0 Å². The third-order valence-electron chi connectivity index (χ3n) is 6.47. The van der Waals surface area contributed by atoms with Crippen LogP contribution in [0.5, 0.6) is 0 Å². The number of fused-ring (bicyclic) bond motifs is 1. The number of allylic oxidation sites excluding steroid dienone is 1. The molecule has 0 radical (unpaired) electrons. The summed E-state index contributed by atoms with van der Waals surface area (Å²) in [7, 11) is 0. The summed E-state index contributed by atoms with van der Waals surface area (Å²) >= 11 is 0. The van der Waals surface area contributed by atoms with Crippen LogP contribution in [0.2, 0.25) is 0 Å². The summed E-state index contributed by atoms with van der Waals surface area (Å²) in [5.41, 5.74) is 6.00. The minimum Gasteiger partial charge on any atom is -0.204 e. The van der Waals surface area contributed by atoms with Gasteiger partial charge in [0, 0.05) is 0 Å². The Hall–Kier alpha value is -1.96. The molecule has 0 saturated heterocycles. The average Bonchev–Trinajstić information content (AvgIpc) is 2.70. The Morgan fingerprint density at radius 2 is 1.70 bits per heavy atom. The Labute approximate surface area is 161 Å². The van der Waals surface area contributed by atoms with Gasteiger partial charge in [0.2, 0.25) is 0 Å². The molecular weight excluding hydrogens is 338 g/mol. The van der Waals surface area contributed by atoms with Crippen molar-refractivity contribution in [3.8, 4) is 0 Å². The summed E-state index contributed by atoms with van der Waals surface area (Å²) in [5, 5.41) is 0. The molecule has 0 spiro atoms. The van der Waals surface area contributed by atoms with Gasteiger partial charge in [0.15, 0.2) is 11.6 Å². The molecule has 0 unspecified atom stereocenters. The molecule has 0 bridgehead atoms. The van der Waals surface area contributed by atoms with Crippen molar-refractivity contribution < 1.29 is 8.78 Å². The first kappa shape index (κ1) is 18.4. The first-order valence-corrected chi connectivity index (χ1v) is 10.4. The Morgan fingerprint density at radius 3 is 2.44 bits per heavy atom. The highest BCUT2D eigenvalue weighted by Gasteiger charge is 2.23. The maximum atomic E-state index is 13.6. The zero-order valence-corrected chi connectivity index (χ0v) is 16.1. The van der Waals surface area contributed by atoms with E-state index in [2.05, 4.69) is 31.2 Å². The number of hydrogen-bond donors (Lipinski definition) is 0. The molecule has 0 amide bonds. The van der Waals surface area contributed by atoms with E-state index in [1.807, 2.05) is 0 Å². The zero-order chi connectivity index (χ0) is 18.8. The maximum Gasteiger partial charge on any atom is 0.159 e. The molecule has 0 heterocycles. The van der Waals surface area contributed by atoms with Gasteiger partial charge in [-0.05, 0) is 90.3 Å². The number of benzene rings is 2. The molecule has 2 aromatic rings. The van der Waals surface area contributed by atoms with Crippen molar-refractivity contribution in [3.63, 3.8) is 0 Å². The van der Waals surface area contributed by atoms with Gasteiger partial charge >= 0.3 is 0 Å². The molecule has 0 aromatic heterocycles. The zero-order valence-electron chi connectivity index (χ0n) is 16.1. The quantitative estimate of drug-likeness (QED) is 0.525. The Bertz CT molecular complexity index is 841. The van der Waals surface area contributed by atoms with Crippen LogP contribution in [0.15, 0.2) is 36.4 Å². The fourth-order valence-corrected chi connectivity index (χ4v) is 4.88. The van der Waals surface area contributed by atoms with E-state index in [1.54, 1.807) is 6.07 Å². The minimum atomic E-state index is -0.783. The van der Waals surface area contributed by atoms with Crippen LogP contribution in [-0.2, 0) is 6.42 Å². The van der Waals surface area contributed by atoms with E-state index in [0.717, 1.165) is 29.9 Å². The molecule has 1 saturated carbocycles. The highest BCUT2D eigenvalue weighted by atomic mass is 19.2. The summed E-state index contributed by atoms with van der Waals surface area (Å²) < 4.78 is 26.8. The molecule has 2 aliphatic rings. The molecule has 0 N–H and O–H groups in total. The van der Waals surface area contributed by atoms with E-state index in [9.17, 15) is 8.78 Å². The van der Waals surface area contributed by atoms with E-state index >= 15 is 0 Å². The highest BCUT2D eigenvalue weighted by Crippen LogP contribution is 2.39. The summed E-state index contributed by atoms with van der Waals surface area (Å²) in [6, 6.07) is 11.1. The number of halogens is 2. The molecule has 2 heteroatoms. The lowest BCUT2D eigenvalue weighted by molar-refractivity contribution is 0.308. The van der Waals surface area contributed by atoms with Crippen LogP contribution in [0.25, 0.3) is 11.6 Å². The van der Waals surface area contributed by atoms with E-state index < -0.39 is 11.6 Å². The van der Waals surface area contributed by atoms with Gasteiger partial charge in [-0.15, -0.1) is 0 Å². The van der Waals surface area contributed by atoms with E-state index in [0.29, 0.717) is 5.92 Å². The second-order valence-corrected chi connectivity index (χ2v) is 8.26. The van der Waals surface area contributed by atoms with Crippen LogP contribution in [0.1, 0.15) is 80.0 Å². The Morgan fingerprint density at radius 1 is 0.889 bits per heavy atom. The maximum absolute atomic E-state index is 13.6. The van der Waals surface area contributed by atoms with E-state index in [4.69, 9.17) is 0 Å². The molecule has 0 aliphatic heterocycles. The number of hydrogen-bond acceptors (Lipinski definition) is 0. The molecule has 2 aromatic carbocycles. The minimum absolute atomic E-state index is 0.708. The molecule has 27 heavy (non-hydrogen) atoms. The topological polar surface area (TPSA) is 0 Å². The van der Waals surface area contributed by atoms with Crippen molar-refractivity contribution in [3.05, 3.63) is 70.3 Å². The van der Waals surface area contributed by atoms with Crippen molar-refractivity contribution >= 4 is 11.6 Å². The van der Waals surface area contributed by atoms with Gasteiger partial charge in [-0.1, -0.05) is 50.1 Å². The van der Waals surface area contributed by atoms with Crippen LogP contribution in [0, 0.1) is 17.6 Å². The van der Waals surface area contributed by atoms with E-state index in [-0.39, 0.29) is 0 Å². The number of rotatable bonds is 4. The monoisotopic (exact) mass is 366 g/mol. The largest absolute Gasteiger partial charge is 0.204 e. The van der Waals surface area contributed by atoms with Gasteiger partial charge in [0.25, 0.3) is 0 Å². The predicted molar refractivity (Wildman–Crippen MR) is 109 cm³/mol. The normalized spacial score (nSPS) is 22.3. The van der Waals surface area contributed by atoms with Gasteiger partial charge in [-0.25, -0.2) is 8.78 Å². The molecule has 4 rings (SSSR count). The van der Waals surface area contributed by atoms with Crippen LogP contribution < -0.4 is 0 Å². The Balaban J connectivity index is 1.51. The van der Waals surface area contributed by atoms with Crippen molar-refractivity contribution in [2.75, 3.05) is 0 Å². The predicted octanol–water partition coefficient (Wildman–Crippen LogP) is 7.53. The fraction of sp³-hybridized carbons (Fsp3) is 0.440. The van der Waals surface area contributed by atoms with Crippen molar-refractivity contribution in [1.29, 1.82) is 0 Å². The Kier molecular flexibility index (Phi) is 5.43. The lowest BCUT2D eigenvalue weighted by atomic mass is 9.76. The number of aryl methyl sites for hydroxylation is 1. The summed E-state index contributed by atoms with van der Waals surface area (Å²) in [6.07, 6.45) is 12.1. The SMILES string of the molecule is CCCC1CCC(c2ccc3c(c2)CCC(c2ccc(F)c(F)c2)=C3)CC1. The summed E-state index contributed by atoms with van der Waals surface area (Å²) in [4.78, 5) is 0. The molecular formula is C25H28F2. The molecule has 0 atom stereocenters. The van der Waals surface area contributed by atoms with Crippen molar-refractivity contribution in [1.82, 2.24) is 0 Å². The second kappa shape index (κ2) is 7.96. The van der Waals surface area contributed by atoms with Gasteiger partial charge in [0.1, 0.15) is 0 Å². The standard InChI is InChI=1S/C25H28F2/c1-2-3-17-4-6-18(7-5-17)19-8-9-21-15-22(11-10-20(21)14-19)23-12-13-24(26)25(27)16-23/h8-9,12-18H,2-7,10-11H2,1H3. The molecule has 1 fully saturated rings. The van der Waals surface area contributed by atoms with Gasteiger partial charge < -0.3 is 0 Å². The van der Waals surface area contributed by atoms with Crippen LogP contribution in [-0.4, -0.2) is 0 Å². The molecule has 142 valence electrons. The van der Waals surface area contributed by atoms with Crippen LogP contribution in [0.4, 0.5) is 8.78 Å². The second-order valence-electron chi connectivity index (χ2n) is 8.26. The first-order valence-electron chi connectivity index (χ1n) is 10.4. The van der Waals surface area contributed by atoms with Crippen molar-refractivity contribution in [2.45, 2.75) is 64.2 Å².